The number of aromatic nitrogens is 2. The molecule has 3 heterocycles. The number of amidine groups is 1. The minimum absolute atomic E-state index is 0.160. The van der Waals surface area contributed by atoms with Gasteiger partial charge in [-0.15, -0.1) is 12.6 Å². The monoisotopic (exact) mass is 554 g/mol. The molecule has 0 unspecified atom stereocenters. The second-order valence-corrected chi connectivity index (χ2v) is 11.2. The van der Waals surface area contributed by atoms with Gasteiger partial charge in [0.05, 0.1) is 28.7 Å². The van der Waals surface area contributed by atoms with Gasteiger partial charge in [-0.3, -0.25) is 15.0 Å². The van der Waals surface area contributed by atoms with Crippen LogP contribution in [0.3, 0.4) is 0 Å². The second-order valence-electron chi connectivity index (χ2n) is 8.73. The average molecular weight is 555 g/mol. The van der Waals surface area contributed by atoms with Gasteiger partial charge in [0.15, 0.2) is 9.84 Å². The van der Waals surface area contributed by atoms with Crippen molar-refractivity contribution in [2.75, 3.05) is 39.6 Å². The lowest BCUT2D eigenvalue weighted by molar-refractivity contribution is 0.0683. The lowest BCUT2D eigenvalue weighted by Crippen LogP contribution is -2.41. The number of hydrogen-bond acceptors (Lipinski definition) is 8. The molecule has 1 N–H and O–H groups in total. The number of allylic oxidation sites excluding steroid dienone is 5. The van der Waals surface area contributed by atoms with Crippen molar-refractivity contribution in [3.05, 3.63) is 75.1 Å². The van der Waals surface area contributed by atoms with Crippen LogP contribution in [0.25, 0.3) is 11.0 Å². The molecule has 0 radical (unpaired) electrons. The molecule has 2 aromatic heterocycles. The number of fused-ring (bicyclic) bond motifs is 1. The first-order valence-corrected chi connectivity index (χ1v) is 14.4. The lowest BCUT2D eigenvalue weighted by atomic mass is 10.1. The van der Waals surface area contributed by atoms with Gasteiger partial charge in [-0.25, -0.2) is 13.4 Å². The third-order valence-electron chi connectivity index (χ3n) is 5.73. The van der Waals surface area contributed by atoms with Crippen molar-refractivity contribution in [3.8, 4) is 0 Å². The Kier molecular flexibility index (Phi) is 10.4. The lowest BCUT2D eigenvalue weighted by Gasteiger charge is -2.30. The number of sulfone groups is 1. The number of H-pyrrole nitrogens is 1. The molecule has 3 rings (SSSR count). The van der Waals surface area contributed by atoms with E-state index < -0.39 is 9.84 Å². The van der Waals surface area contributed by atoms with E-state index in [1.807, 2.05) is 38.3 Å². The Morgan fingerprint density at radius 1 is 1.26 bits per heavy atom. The van der Waals surface area contributed by atoms with Crippen molar-refractivity contribution in [2.24, 2.45) is 15.0 Å². The van der Waals surface area contributed by atoms with Gasteiger partial charge >= 0.3 is 0 Å². The summed E-state index contributed by atoms with van der Waals surface area (Å²) in [6.07, 6.45) is 12.9. The van der Waals surface area contributed by atoms with Crippen LogP contribution in [0.5, 0.6) is 0 Å². The van der Waals surface area contributed by atoms with Crippen molar-refractivity contribution in [1.29, 1.82) is 0 Å². The molecule has 1 fully saturated rings. The van der Waals surface area contributed by atoms with Crippen LogP contribution in [0.2, 0.25) is 0 Å². The summed E-state index contributed by atoms with van der Waals surface area (Å²) in [4.78, 5) is 24.0. The number of thiol groups is 1. The highest BCUT2D eigenvalue weighted by Crippen LogP contribution is 2.24. The standard InChI is InChI=1S/C27H34N6O3S2/c1-6-23(38(5,34)35)18-29-15-19(2)13-20(3)24(25(37)27(28-4)33-9-11-36-12-10-33)31-16-21-14-22-7-8-30-26(22)32-17-21/h6-8,13-18,37H,9-12H2,1-5H3,(H,30,32)/b19-15+,20-13+,23-6+,25-24+,28-27+,29-18-,31-16+. The molecule has 2 aromatic rings. The van der Waals surface area contributed by atoms with Crippen molar-refractivity contribution in [2.45, 2.75) is 20.8 Å². The first-order chi connectivity index (χ1) is 18.1. The zero-order valence-corrected chi connectivity index (χ0v) is 24.1. The summed E-state index contributed by atoms with van der Waals surface area (Å²) in [6.45, 7) is 8.16. The quantitative estimate of drug-likeness (QED) is 0.218. The van der Waals surface area contributed by atoms with Crippen molar-refractivity contribution in [1.82, 2.24) is 14.9 Å². The summed E-state index contributed by atoms with van der Waals surface area (Å²) >= 11 is 4.88. The molecule has 0 saturated carbocycles. The van der Waals surface area contributed by atoms with Crippen molar-refractivity contribution < 1.29 is 13.2 Å². The van der Waals surface area contributed by atoms with E-state index in [-0.39, 0.29) is 4.91 Å². The Morgan fingerprint density at radius 2 is 2.00 bits per heavy atom. The number of pyridine rings is 1. The van der Waals surface area contributed by atoms with E-state index in [4.69, 9.17) is 22.4 Å². The van der Waals surface area contributed by atoms with Crippen LogP contribution in [0.15, 0.2) is 84.5 Å². The fraction of sp³-hybridized carbons (Fsp3) is 0.333. The third kappa shape index (κ3) is 7.86. The van der Waals surface area contributed by atoms with Crippen LogP contribution in [-0.4, -0.2) is 81.2 Å². The van der Waals surface area contributed by atoms with E-state index >= 15 is 0 Å². The van der Waals surface area contributed by atoms with Crippen LogP contribution >= 0.6 is 12.6 Å². The molecule has 1 aliphatic heterocycles. The van der Waals surface area contributed by atoms with Crippen LogP contribution < -0.4 is 0 Å². The highest BCUT2D eigenvalue weighted by molar-refractivity contribution is 7.95. The van der Waals surface area contributed by atoms with Crippen molar-refractivity contribution >= 4 is 51.8 Å². The molecule has 1 saturated heterocycles. The van der Waals surface area contributed by atoms with Crippen LogP contribution in [0, 0.1) is 0 Å². The van der Waals surface area contributed by atoms with E-state index in [1.54, 1.807) is 32.6 Å². The maximum Gasteiger partial charge on any atom is 0.176 e. The van der Waals surface area contributed by atoms with Gasteiger partial charge in [-0.1, -0.05) is 12.2 Å². The SMILES string of the molecule is C/C=C(\C=N/C=C(C)/C=C(C)/C(/N=C/c1cnc2[nH]ccc2c1)=C(S)/C(=N\C)N1CCOCC1)S(C)(=O)=O. The summed E-state index contributed by atoms with van der Waals surface area (Å²) in [5.41, 5.74) is 3.97. The summed E-state index contributed by atoms with van der Waals surface area (Å²) in [5, 5.41) is 0.994. The van der Waals surface area contributed by atoms with E-state index in [1.165, 1.54) is 12.3 Å². The number of nitrogens with zero attached hydrogens (tertiary/aromatic N) is 5. The molecule has 0 bridgehead atoms. The number of hydrogen-bond donors (Lipinski definition) is 2. The predicted molar refractivity (Wildman–Crippen MR) is 160 cm³/mol. The van der Waals surface area contributed by atoms with E-state index in [9.17, 15) is 8.42 Å². The van der Waals surface area contributed by atoms with Crippen molar-refractivity contribution in [3.63, 3.8) is 0 Å². The maximum absolute atomic E-state index is 11.8. The van der Waals surface area contributed by atoms with Crippen LogP contribution in [-0.2, 0) is 14.6 Å². The molecule has 0 atom stereocenters. The Bertz CT molecular complexity index is 1470. The van der Waals surface area contributed by atoms with Gasteiger partial charge in [-0.05, 0) is 44.1 Å². The molecule has 0 aromatic carbocycles. The summed E-state index contributed by atoms with van der Waals surface area (Å²) in [7, 11) is -1.59. The van der Waals surface area contributed by atoms with Gasteiger partial charge in [-0.2, -0.15) is 0 Å². The van der Waals surface area contributed by atoms with Crippen LogP contribution in [0.4, 0.5) is 0 Å². The molecule has 202 valence electrons. The third-order valence-corrected chi connectivity index (χ3v) is 7.34. The number of aromatic amines is 1. The molecule has 9 nitrogen and oxygen atoms in total. The molecular weight excluding hydrogens is 520 g/mol. The van der Waals surface area contributed by atoms with Gasteiger partial charge < -0.3 is 14.6 Å². The molecule has 0 amide bonds. The second kappa shape index (κ2) is 13.5. The van der Waals surface area contributed by atoms with Gasteiger partial charge in [0, 0.05) is 68.4 Å². The molecule has 1 aliphatic rings. The van der Waals surface area contributed by atoms with Gasteiger partial charge in [0.1, 0.15) is 11.5 Å². The molecule has 0 aliphatic carbocycles. The first kappa shape index (κ1) is 29.3. The Hall–Kier alpha value is -3.28. The average Bonchev–Trinajstić information content (AvgIpc) is 3.35. The fourth-order valence-electron chi connectivity index (χ4n) is 3.85. The summed E-state index contributed by atoms with van der Waals surface area (Å²) in [6, 6.07) is 3.97. The predicted octanol–water partition coefficient (Wildman–Crippen LogP) is 4.35. The zero-order chi connectivity index (χ0) is 27.7. The summed E-state index contributed by atoms with van der Waals surface area (Å²) in [5.74, 6) is 0.737. The minimum Gasteiger partial charge on any atom is -0.378 e. The highest BCUT2D eigenvalue weighted by Gasteiger charge is 2.20. The Balaban J connectivity index is 1.99. The summed E-state index contributed by atoms with van der Waals surface area (Å²) < 4.78 is 29.1. The topological polar surface area (TPSA) is 112 Å². The highest BCUT2D eigenvalue weighted by atomic mass is 32.2. The van der Waals surface area contributed by atoms with Gasteiger partial charge in [0.2, 0.25) is 0 Å². The molecule has 0 spiro atoms. The normalized spacial score (nSPS) is 17.7. The van der Waals surface area contributed by atoms with E-state index in [2.05, 4.69) is 24.9 Å². The molecular formula is C27H34N6O3S2. The van der Waals surface area contributed by atoms with Crippen LogP contribution in [0.1, 0.15) is 26.3 Å². The number of morpholine rings is 1. The zero-order valence-electron chi connectivity index (χ0n) is 22.3. The van der Waals surface area contributed by atoms with E-state index in [0.29, 0.717) is 36.9 Å². The largest absolute Gasteiger partial charge is 0.378 e. The molecule has 11 heteroatoms. The fourth-order valence-corrected chi connectivity index (χ4v) is 5.01. The number of ether oxygens (including phenoxy) is 1. The molecule has 38 heavy (non-hydrogen) atoms. The number of aliphatic imine (C=N–C) groups is 3. The van der Waals surface area contributed by atoms with E-state index in [0.717, 1.165) is 39.8 Å². The van der Waals surface area contributed by atoms with Gasteiger partial charge in [0.25, 0.3) is 0 Å². The number of rotatable bonds is 8. The minimum atomic E-state index is -3.33. The Labute approximate surface area is 229 Å². The number of nitrogens with one attached hydrogen (secondary N) is 1. The maximum atomic E-state index is 11.8. The first-order valence-electron chi connectivity index (χ1n) is 12.1. The Morgan fingerprint density at radius 3 is 2.66 bits per heavy atom. The smallest absolute Gasteiger partial charge is 0.176 e.